The molecule has 0 aliphatic carbocycles. The summed E-state index contributed by atoms with van der Waals surface area (Å²) in [6.45, 7) is 1.43. The second kappa shape index (κ2) is 3.93. The van der Waals surface area contributed by atoms with Crippen molar-refractivity contribution in [2.45, 2.75) is 36.6 Å². The average molecular weight is 194 g/mol. The second-order valence-corrected chi connectivity index (χ2v) is 3.63. The normalized spacial score (nSPS) is 49.2. The lowest BCUT2D eigenvalue weighted by molar-refractivity contribution is -0.168. The van der Waals surface area contributed by atoms with Gasteiger partial charge < -0.3 is 20.1 Å². The van der Waals surface area contributed by atoms with Crippen LogP contribution in [0.2, 0.25) is 0 Å². The number of thiol groups is 1. The average Bonchev–Trinajstić information content (AvgIpc) is 2.08. The van der Waals surface area contributed by atoms with Gasteiger partial charge in [0.15, 0.2) is 0 Å². The molecular formula is C7H14O4S. The van der Waals surface area contributed by atoms with Crippen molar-refractivity contribution in [2.75, 3.05) is 6.61 Å². The molecule has 72 valence electrons. The first-order chi connectivity index (χ1) is 5.57. The summed E-state index contributed by atoms with van der Waals surface area (Å²) < 4.78 is 5.13. The van der Waals surface area contributed by atoms with Gasteiger partial charge in [0.2, 0.25) is 0 Å². The Morgan fingerprint density at radius 2 is 1.92 bits per heavy atom. The first-order valence-corrected chi connectivity index (χ1v) is 4.40. The van der Waals surface area contributed by atoms with Crippen molar-refractivity contribution in [1.29, 1.82) is 0 Å². The standard InChI is InChI=1S/C7H14O4S/c1-3-5(9)7(12)6(10)4(2-8)11-3/h3-10,12H,2H2,1H3/t3-,4?,5-,6-,7?/m1/s1. The van der Waals surface area contributed by atoms with Gasteiger partial charge in [0.1, 0.15) is 6.10 Å². The first-order valence-electron chi connectivity index (χ1n) is 3.88. The topological polar surface area (TPSA) is 69.9 Å². The van der Waals surface area contributed by atoms with Gasteiger partial charge in [-0.3, -0.25) is 0 Å². The van der Waals surface area contributed by atoms with E-state index in [2.05, 4.69) is 12.6 Å². The van der Waals surface area contributed by atoms with E-state index in [1.54, 1.807) is 6.92 Å². The summed E-state index contributed by atoms with van der Waals surface area (Å²) in [6, 6.07) is 0. The minimum atomic E-state index is -0.912. The van der Waals surface area contributed by atoms with E-state index < -0.39 is 29.7 Å². The summed E-state index contributed by atoms with van der Waals surface area (Å²) in [4.78, 5) is 0. The van der Waals surface area contributed by atoms with E-state index in [-0.39, 0.29) is 6.61 Å². The van der Waals surface area contributed by atoms with Crippen molar-refractivity contribution in [3.05, 3.63) is 0 Å². The number of hydrogen-bond acceptors (Lipinski definition) is 5. The zero-order chi connectivity index (χ0) is 9.30. The van der Waals surface area contributed by atoms with E-state index in [1.807, 2.05) is 0 Å². The summed E-state index contributed by atoms with van der Waals surface area (Å²) in [5.74, 6) is 0. The highest BCUT2D eigenvalue weighted by Gasteiger charge is 2.40. The van der Waals surface area contributed by atoms with E-state index in [0.29, 0.717) is 0 Å². The fourth-order valence-corrected chi connectivity index (χ4v) is 1.72. The van der Waals surface area contributed by atoms with Crippen LogP contribution in [0, 0.1) is 0 Å². The SMILES string of the molecule is C[C@H]1OC(CO)[C@@H](O)C(S)[C@@H]1O. The Morgan fingerprint density at radius 1 is 1.33 bits per heavy atom. The predicted octanol–water partition coefficient (Wildman–Crippen LogP) is -1.21. The minimum Gasteiger partial charge on any atom is -0.394 e. The Kier molecular flexibility index (Phi) is 3.37. The quantitative estimate of drug-likeness (QED) is 0.395. The van der Waals surface area contributed by atoms with Gasteiger partial charge in [-0.2, -0.15) is 12.6 Å². The molecule has 12 heavy (non-hydrogen) atoms. The molecule has 2 unspecified atom stereocenters. The lowest BCUT2D eigenvalue weighted by Crippen LogP contribution is -2.55. The Hall–Kier alpha value is 0.190. The van der Waals surface area contributed by atoms with E-state index in [0.717, 1.165) is 0 Å². The minimum absolute atomic E-state index is 0.255. The number of aliphatic hydroxyl groups excluding tert-OH is 3. The van der Waals surface area contributed by atoms with E-state index in [1.165, 1.54) is 0 Å². The van der Waals surface area contributed by atoms with Crippen molar-refractivity contribution in [3.63, 3.8) is 0 Å². The number of hydrogen-bond donors (Lipinski definition) is 4. The molecule has 0 radical (unpaired) electrons. The van der Waals surface area contributed by atoms with Gasteiger partial charge in [-0.25, -0.2) is 0 Å². The highest BCUT2D eigenvalue weighted by Crippen LogP contribution is 2.24. The maximum atomic E-state index is 9.40. The van der Waals surface area contributed by atoms with Gasteiger partial charge >= 0.3 is 0 Å². The van der Waals surface area contributed by atoms with Crippen LogP contribution in [0.25, 0.3) is 0 Å². The molecule has 0 aromatic heterocycles. The molecule has 0 bridgehead atoms. The van der Waals surface area contributed by atoms with E-state index in [9.17, 15) is 10.2 Å². The fourth-order valence-electron chi connectivity index (χ4n) is 1.29. The predicted molar refractivity (Wildman–Crippen MR) is 46.2 cm³/mol. The van der Waals surface area contributed by atoms with Gasteiger partial charge in [-0.05, 0) is 6.92 Å². The van der Waals surface area contributed by atoms with Crippen LogP contribution in [-0.2, 0) is 4.74 Å². The molecule has 0 aromatic rings. The van der Waals surface area contributed by atoms with Crippen LogP contribution in [0.15, 0.2) is 0 Å². The van der Waals surface area contributed by atoms with Crippen molar-refractivity contribution in [3.8, 4) is 0 Å². The number of ether oxygens (including phenoxy) is 1. The zero-order valence-electron chi connectivity index (χ0n) is 6.79. The van der Waals surface area contributed by atoms with Crippen LogP contribution in [0.3, 0.4) is 0 Å². The number of rotatable bonds is 1. The Balaban J connectivity index is 2.63. The molecule has 5 heteroatoms. The summed E-state index contributed by atoms with van der Waals surface area (Å²) in [6.07, 6.45) is -2.73. The second-order valence-electron chi connectivity index (χ2n) is 3.03. The molecule has 3 N–H and O–H groups in total. The third kappa shape index (κ3) is 1.75. The lowest BCUT2D eigenvalue weighted by Gasteiger charge is -2.39. The third-order valence-electron chi connectivity index (χ3n) is 2.13. The first kappa shape index (κ1) is 10.3. The van der Waals surface area contributed by atoms with E-state index >= 15 is 0 Å². The Labute approximate surface area is 76.6 Å². The van der Waals surface area contributed by atoms with Crippen molar-refractivity contribution in [1.82, 2.24) is 0 Å². The van der Waals surface area contributed by atoms with Crippen LogP contribution in [0.5, 0.6) is 0 Å². The highest BCUT2D eigenvalue weighted by atomic mass is 32.1. The molecule has 0 spiro atoms. The van der Waals surface area contributed by atoms with Gasteiger partial charge in [0.05, 0.1) is 30.2 Å². The summed E-state index contributed by atoms with van der Waals surface area (Å²) >= 11 is 4.03. The fraction of sp³-hybridized carbons (Fsp3) is 1.00. The smallest absolute Gasteiger partial charge is 0.108 e. The molecule has 1 heterocycles. The van der Waals surface area contributed by atoms with Crippen LogP contribution >= 0.6 is 12.6 Å². The van der Waals surface area contributed by atoms with Gasteiger partial charge in [0.25, 0.3) is 0 Å². The summed E-state index contributed by atoms with van der Waals surface area (Å²) in [5, 5.41) is 27.0. The summed E-state index contributed by atoms with van der Waals surface area (Å²) in [5.41, 5.74) is 0. The Morgan fingerprint density at radius 3 is 2.42 bits per heavy atom. The third-order valence-corrected chi connectivity index (χ3v) is 2.74. The van der Waals surface area contributed by atoms with Crippen molar-refractivity contribution < 1.29 is 20.1 Å². The molecule has 0 aromatic carbocycles. The molecule has 0 saturated carbocycles. The van der Waals surface area contributed by atoms with Crippen molar-refractivity contribution in [2.24, 2.45) is 0 Å². The zero-order valence-corrected chi connectivity index (χ0v) is 7.69. The van der Waals surface area contributed by atoms with Crippen LogP contribution in [-0.4, -0.2) is 51.6 Å². The highest BCUT2D eigenvalue weighted by molar-refractivity contribution is 7.81. The summed E-state index contributed by atoms with van der Waals surface area (Å²) in [7, 11) is 0. The molecule has 1 fully saturated rings. The van der Waals surface area contributed by atoms with Gasteiger partial charge in [0, 0.05) is 0 Å². The molecule has 0 amide bonds. The Bertz CT molecular complexity index is 150. The molecule has 5 atom stereocenters. The van der Waals surface area contributed by atoms with Crippen LogP contribution in [0.4, 0.5) is 0 Å². The van der Waals surface area contributed by atoms with Crippen LogP contribution in [0.1, 0.15) is 6.92 Å². The molecule has 1 aliphatic rings. The molecule has 1 aliphatic heterocycles. The van der Waals surface area contributed by atoms with E-state index in [4.69, 9.17) is 9.84 Å². The monoisotopic (exact) mass is 194 g/mol. The van der Waals surface area contributed by atoms with Crippen molar-refractivity contribution >= 4 is 12.6 Å². The van der Waals surface area contributed by atoms with Gasteiger partial charge in [-0.1, -0.05) is 0 Å². The maximum Gasteiger partial charge on any atom is 0.108 e. The molecule has 4 nitrogen and oxygen atoms in total. The van der Waals surface area contributed by atoms with Gasteiger partial charge in [-0.15, -0.1) is 0 Å². The maximum absolute atomic E-state index is 9.40. The molecule has 1 saturated heterocycles. The van der Waals surface area contributed by atoms with Crippen LogP contribution < -0.4 is 0 Å². The lowest BCUT2D eigenvalue weighted by atomic mass is 9.99. The largest absolute Gasteiger partial charge is 0.394 e. The number of aliphatic hydroxyl groups is 3. The molecule has 1 rings (SSSR count). The molecular weight excluding hydrogens is 180 g/mol.